The Hall–Kier alpha value is -6.26. The zero-order valence-electron chi connectivity index (χ0n) is 27.3. The zero-order valence-corrected chi connectivity index (χ0v) is 27.3. The predicted molar refractivity (Wildman–Crippen MR) is 181 cm³/mol. The van der Waals surface area contributed by atoms with Crippen molar-refractivity contribution in [1.82, 2.24) is 51.2 Å². The number of rotatable bonds is 11. The number of fused-ring (bicyclic) bond motifs is 2. The van der Waals surface area contributed by atoms with E-state index in [0.717, 1.165) is 16.8 Å². The number of aromatic nitrogens is 8. The average molecular weight is 668 g/mol. The molecule has 1 aliphatic rings. The van der Waals surface area contributed by atoms with E-state index in [-0.39, 0.29) is 30.6 Å². The molecule has 254 valence electrons. The summed E-state index contributed by atoms with van der Waals surface area (Å²) in [7, 11) is 0. The third-order valence-electron chi connectivity index (χ3n) is 7.75. The van der Waals surface area contributed by atoms with Crippen molar-refractivity contribution in [3.63, 3.8) is 0 Å². The molecule has 0 fully saturated rings. The van der Waals surface area contributed by atoms with Crippen molar-refractivity contribution in [2.24, 2.45) is 0 Å². The Morgan fingerprint density at radius 3 is 2.63 bits per heavy atom. The number of nitrogens with one attached hydrogen (secondary N) is 3. The molecule has 2 amide bonds. The average Bonchev–Trinajstić information content (AvgIpc) is 3.77. The molecule has 8 N–H and O–H groups in total. The summed E-state index contributed by atoms with van der Waals surface area (Å²) >= 11 is 0. The van der Waals surface area contributed by atoms with E-state index in [1.54, 1.807) is 36.5 Å². The van der Waals surface area contributed by atoms with Crippen LogP contribution < -0.4 is 27.0 Å². The predicted octanol–water partition coefficient (Wildman–Crippen LogP) is 2.05. The van der Waals surface area contributed by atoms with Gasteiger partial charge in [0.2, 0.25) is 11.8 Å². The molecule has 1 atom stereocenters. The second-order valence-electron chi connectivity index (χ2n) is 11.1. The number of carboxylic acids is 1. The van der Waals surface area contributed by atoms with Gasteiger partial charge in [-0.2, -0.15) is 15.2 Å². The van der Waals surface area contributed by atoms with Crippen LogP contribution >= 0.6 is 0 Å². The Labute approximate surface area is 280 Å². The SMILES string of the molecule is CC.Cc1ccc(C(=O)NCCC[C@H](NC(=O)c2ccc3c(c2)CCN3Cc2cnc3nc(N)nc(N)c3n2)C(=O)O)c(-c2nn[nH]n2)c1. The highest BCUT2D eigenvalue weighted by molar-refractivity contribution is 6.00. The molecule has 3 aromatic heterocycles. The van der Waals surface area contributed by atoms with E-state index >= 15 is 0 Å². The van der Waals surface area contributed by atoms with Gasteiger partial charge in [-0.15, -0.1) is 10.2 Å². The lowest BCUT2D eigenvalue weighted by molar-refractivity contribution is -0.139. The van der Waals surface area contributed by atoms with Gasteiger partial charge in [-0.1, -0.05) is 25.5 Å². The summed E-state index contributed by atoms with van der Waals surface area (Å²) < 4.78 is 0. The van der Waals surface area contributed by atoms with Crippen LogP contribution in [-0.2, 0) is 17.8 Å². The molecule has 49 heavy (non-hydrogen) atoms. The molecule has 0 spiro atoms. The van der Waals surface area contributed by atoms with Gasteiger partial charge in [0.05, 0.1) is 24.0 Å². The van der Waals surface area contributed by atoms with Crippen molar-refractivity contribution < 1.29 is 19.5 Å². The van der Waals surface area contributed by atoms with Gasteiger partial charge in [-0.05, 0) is 67.3 Å². The molecular weight excluding hydrogens is 630 g/mol. The summed E-state index contributed by atoms with van der Waals surface area (Å²) in [4.78, 5) is 57.0. The molecule has 0 radical (unpaired) electrons. The van der Waals surface area contributed by atoms with E-state index in [1.165, 1.54) is 0 Å². The van der Waals surface area contributed by atoms with Gasteiger partial charge in [0.25, 0.3) is 11.8 Å². The Bertz CT molecular complexity index is 1980. The van der Waals surface area contributed by atoms with Crippen LogP contribution in [0.2, 0.25) is 0 Å². The summed E-state index contributed by atoms with van der Waals surface area (Å²) in [6.07, 6.45) is 2.73. The lowest BCUT2D eigenvalue weighted by Gasteiger charge is -2.19. The van der Waals surface area contributed by atoms with Crippen LogP contribution in [0.4, 0.5) is 17.5 Å². The molecule has 2 aromatic carbocycles. The summed E-state index contributed by atoms with van der Waals surface area (Å²) in [5, 5.41) is 29.1. The molecule has 0 bridgehead atoms. The van der Waals surface area contributed by atoms with Gasteiger partial charge >= 0.3 is 5.97 Å². The van der Waals surface area contributed by atoms with E-state index in [4.69, 9.17) is 11.5 Å². The minimum Gasteiger partial charge on any atom is -0.480 e. The van der Waals surface area contributed by atoms with E-state index in [2.05, 4.69) is 56.1 Å². The molecule has 1 aliphatic heterocycles. The number of H-pyrrole nitrogens is 1. The van der Waals surface area contributed by atoms with Gasteiger partial charge in [-0.25, -0.2) is 14.8 Å². The van der Waals surface area contributed by atoms with Crippen molar-refractivity contribution in [2.45, 2.75) is 52.6 Å². The molecule has 0 saturated heterocycles. The Morgan fingerprint density at radius 2 is 1.88 bits per heavy atom. The van der Waals surface area contributed by atoms with Crippen LogP contribution in [0.3, 0.4) is 0 Å². The molecule has 5 aromatic rings. The van der Waals surface area contributed by atoms with E-state index in [0.29, 0.717) is 65.3 Å². The maximum atomic E-state index is 13.1. The standard InChI is InChI=1S/C30H31N13O4.C2H6/c1-15-4-6-19(20(11-15)25-39-41-42-40-25)28(45)33-9-2-3-21(29(46)47)36-27(44)17-5-7-22-16(12-17)8-10-43(22)14-18-13-34-26-23(35-18)24(31)37-30(32)38-26;1-2/h4-7,11-13,21H,2-3,8-10,14H2,1H3,(H,33,45)(H,36,44)(H,46,47)(H,39,40,41,42)(H4,31,32,34,37,38);1-2H3/t21-;/m0./s1. The molecule has 0 unspecified atom stereocenters. The van der Waals surface area contributed by atoms with Gasteiger partial charge in [0, 0.05) is 29.9 Å². The monoisotopic (exact) mass is 667 g/mol. The van der Waals surface area contributed by atoms with Crippen molar-refractivity contribution in [1.29, 1.82) is 0 Å². The molecule has 17 nitrogen and oxygen atoms in total. The second kappa shape index (κ2) is 15.1. The van der Waals surface area contributed by atoms with Gasteiger partial charge < -0.3 is 32.1 Å². The maximum Gasteiger partial charge on any atom is 0.326 e. The largest absolute Gasteiger partial charge is 0.480 e. The maximum absolute atomic E-state index is 13.1. The number of carboxylic acid groups (broad SMARTS) is 1. The molecule has 17 heteroatoms. The number of nitrogen functional groups attached to an aromatic ring is 2. The number of nitrogens with two attached hydrogens (primary N) is 2. The first-order valence-electron chi connectivity index (χ1n) is 15.7. The quantitative estimate of drug-likeness (QED) is 0.110. The fraction of sp³-hybridized carbons (Fsp3) is 0.312. The minimum atomic E-state index is -1.17. The Kier molecular flexibility index (Phi) is 10.5. The number of aryl methyl sites for hydroxylation is 1. The first-order valence-corrected chi connectivity index (χ1v) is 15.7. The number of carbonyl (C=O) groups is 3. The first kappa shape index (κ1) is 34.1. The number of hydrogen-bond acceptors (Lipinski definition) is 13. The number of aliphatic carboxylic acids is 1. The number of benzene rings is 2. The van der Waals surface area contributed by atoms with Crippen LogP contribution in [0.1, 0.15) is 64.2 Å². The Morgan fingerprint density at radius 1 is 1.06 bits per heavy atom. The van der Waals surface area contributed by atoms with Gasteiger partial charge in [0.15, 0.2) is 17.0 Å². The van der Waals surface area contributed by atoms with Crippen LogP contribution in [0.15, 0.2) is 42.6 Å². The minimum absolute atomic E-state index is 0.0272. The highest BCUT2D eigenvalue weighted by Crippen LogP contribution is 2.30. The highest BCUT2D eigenvalue weighted by atomic mass is 16.4. The van der Waals surface area contributed by atoms with Crippen LogP contribution in [0.5, 0.6) is 0 Å². The smallest absolute Gasteiger partial charge is 0.326 e. The number of nitrogens with zero attached hydrogens (tertiary/aromatic N) is 8. The summed E-state index contributed by atoms with van der Waals surface area (Å²) in [6, 6.07) is 9.39. The molecular formula is C32H37N13O4. The normalized spacial score (nSPS) is 12.5. The van der Waals surface area contributed by atoms with Crippen molar-refractivity contribution >= 4 is 46.4 Å². The van der Waals surface area contributed by atoms with E-state index in [9.17, 15) is 19.5 Å². The summed E-state index contributed by atoms with van der Waals surface area (Å²) in [5.74, 6) is -1.55. The molecule has 4 heterocycles. The second-order valence-corrected chi connectivity index (χ2v) is 11.1. The fourth-order valence-electron chi connectivity index (χ4n) is 5.45. The van der Waals surface area contributed by atoms with Crippen LogP contribution in [0.25, 0.3) is 22.6 Å². The van der Waals surface area contributed by atoms with E-state index in [1.807, 2.05) is 26.8 Å². The summed E-state index contributed by atoms with van der Waals surface area (Å²) in [6.45, 7) is 7.22. The number of amides is 2. The van der Waals surface area contributed by atoms with Crippen LogP contribution in [0, 0.1) is 6.92 Å². The number of carbonyl (C=O) groups excluding carboxylic acids is 2. The molecule has 0 saturated carbocycles. The summed E-state index contributed by atoms with van der Waals surface area (Å²) in [5.41, 5.74) is 17.0. The number of tetrazole rings is 1. The fourth-order valence-corrected chi connectivity index (χ4v) is 5.45. The molecule has 0 aliphatic carbocycles. The molecule has 6 rings (SSSR count). The number of aromatic amines is 1. The van der Waals surface area contributed by atoms with Crippen molar-refractivity contribution in [3.8, 4) is 11.4 Å². The van der Waals surface area contributed by atoms with Gasteiger partial charge in [0.1, 0.15) is 6.04 Å². The third kappa shape index (κ3) is 7.83. The third-order valence-corrected chi connectivity index (χ3v) is 7.75. The first-order chi connectivity index (χ1) is 23.7. The van der Waals surface area contributed by atoms with Gasteiger partial charge in [-0.3, -0.25) is 9.59 Å². The lowest BCUT2D eigenvalue weighted by atomic mass is 10.0. The lowest BCUT2D eigenvalue weighted by Crippen LogP contribution is -2.41. The Balaban J connectivity index is 0.00000230. The number of hydrogen-bond donors (Lipinski definition) is 6. The topological polar surface area (TPSA) is 257 Å². The van der Waals surface area contributed by atoms with Crippen molar-refractivity contribution in [3.05, 3.63) is 70.5 Å². The highest BCUT2D eigenvalue weighted by Gasteiger charge is 2.25. The van der Waals surface area contributed by atoms with E-state index < -0.39 is 17.9 Å². The van der Waals surface area contributed by atoms with Crippen molar-refractivity contribution in [2.75, 3.05) is 29.5 Å². The van der Waals surface area contributed by atoms with Crippen LogP contribution in [-0.4, -0.2) is 82.6 Å². The zero-order chi connectivity index (χ0) is 35.1. The number of anilines is 3.